The fourth-order valence-corrected chi connectivity index (χ4v) is 5.77. The molecule has 4 N–H and O–H groups in total. The van der Waals surface area contributed by atoms with Gasteiger partial charge >= 0.3 is 0 Å². The molecule has 210 valence electrons. The van der Waals surface area contributed by atoms with E-state index in [1.165, 1.54) is 43.0 Å². The van der Waals surface area contributed by atoms with Crippen molar-refractivity contribution in [3.63, 3.8) is 0 Å². The van der Waals surface area contributed by atoms with E-state index in [-0.39, 0.29) is 47.2 Å². The summed E-state index contributed by atoms with van der Waals surface area (Å²) in [5, 5.41) is 19.3. The number of thiazole rings is 1. The first-order chi connectivity index (χ1) is 19.2. The second kappa shape index (κ2) is 13.3. The van der Waals surface area contributed by atoms with Crippen molar-refractivity contribution in [2.24, 2.45) is 0 Å². The Hall–Kier alpha value is -4.17. The van der Waals surface area contributed by atoms with Crippen LogP contribution in [-0.2, 0) is 9.59 Å². The maximum atomic E-state index is 13.1. The Bertz CT molecular complexity index is 1410. The minimum Gasteiger partial charge on any atom is -0.507 e. The molecule has 3 aromatic rings. The quantitative estimate of drug-likeness (QED) is 0.278. The molecule has 1 aliphatic rings. The number of hydrogen-bond donors (Lipinski definition) is 4. The third-order valence-electron chi connectivity index (χ3n) is 5.91. The number of amides is 4. The van der Waals surface area contributed by atoms with Gasteiger partial charge in [0.2, 0.25) is 11.8 Å². The zero-order valence-electron chi connectivity index (χ0n) is 22.0. The highest BCUT2D eigenvalue weighted by Gasteiger charge is 2.25. The molecule has 40 heavy (non-hydrogen) atoms. The standard InChI is InChI=1S/C26H29N7O5S2/c1-16(34)27-8-9-28-24(37)20-4-3-5-22(30-20)31-26-29-15-23(40-26)39-18-6-7-21(36)19(14-18)25(38)33-12-10-32(11-13-33)17(2)35/h3-7,14-15,36H,8-13H2,1-2H3,(H,27,34)(H,28,37)(H,29,30,31). The highest BCUT2D eigenvalue weighted by Crippen LogP contribution is 2.36. The minimum atomic E-state index is -0.359. The summed E-state index contributed by atoms with van der Waals surface area (Å²) < 4.78 is 0.841. The van der Waals surface area contributed by atoms with Crippen LogP contribution in [0.2, 0.25) is 0 Å². The number of pyridine rings is 1. The molecule has 0 saturated carbocycles. The average Bonchev–Trinajstić information content (AvgIpc) is 3.38. The van der Waals surface area contributed by atoms with Crippen molar-refractivity contribution in [3.8, 4) is 5.75 Å². The van der Waals surface area contributed by atoms with Gasteiger partial charge in [-0.2, -0.15) is 0 Å². The molecule has 1 aliphatic heterocycles. The molecule has 4 rings (SSSR count). The zero-order chi connectivity index (χ0) is 28.6. The van der Waals surface area contributed by atoms with Crippen LogP contribution < -0.4 is 16.0 Å². The van der Waals surface area contributed by atoms with Crippen LogP contribution in [0.5, 0.6) is 5.75 Å². The number of hydrogen-bond acceptors (Lipinski definition) is 10. The Labute approximate surface area is 239 Å². The van der Waals surface area contributed by atoms with Gasteiger partial charge in [0.25, 0.3) is 11.8 Å². The summed E-state index contributed by atoms with van der Waals surface area (Å²) in [7, 11) is 0. The van der Waals surface area contributed by atoms with Gasteiger partial charge in [-0.15, -0.1) is 0 Å². The van der Waals surface area contributed by atoms with Gasteiger partial charge in [-0.1, -0.05) is 29.2 Å². The first-order valence-corrected chi connectivity index (χ1v) is 14.1. The van der Waals surface area contributed by atoms with Gasteiger partial charge in [-0.25, -0.2) is 9.97 Å². The number of aromatic hydroxyl groups is 1. The second-order valence-corrected chi connectivity index (χ2v) is 11.2. The van der Waals surface area contributed by atoms with Crippen LogP contribution in [0.1, 0.15) is 34.7 Å². The van der Waals surface area contributed by atoms with E-state index in [0.29, 0.717) is 43.7 Å². The molecule has 3 heterocycles. The van der Waals surface area contributed by atoms with Crippen molar-refractivity contribution in [2.75, 3.05) is 44.6 Å². The normalized spacial score (nSPS) is 13.1. The molecule has 0 bridgehead atoms. The number of benzene rings is 1. The summed E-state index contributed by atoms with van der Waals surface area (Å²) in [5.41, 5.74) is 0.434. The van der Waals surface area contributed by atoms with Gasteiger partial charge in [-0.05, 0) is 30.3 Å². The Morgan fingerprint density at radius 1 is 1.00 bits per heavy atom. The summed E-state index contributed by atoms with van der Waals surface area (Å²) in [6.45, 7) is 5.28. The lowest BCUT2D eigenvalue weighted by molar-refractivity contribution is -0.130. The summed E-state index contributed by atoms with van der Waals surface area (Å²) >= 11 is 2.77. The predicted molar refractivity (Wildman–Crippen MR) is 151 cm³/mol. The van der Waals surface area contributed by atoms with Gasteiger partial charge in [0.05, 0.1) is 16.0 Å². The number of nitrogens with zero attached hydrogens (tertiary/aromatic N) is 4. The third-order valence-corrected chi connectivity index (χ3v) is 7.92. The number of nitrogens with one attached hydrogen (secondary N) is 3. The molecule has 0 unspecified atom stereocenters. The largest absolute Gasteiger partial charge is 0.507 e. The monoisotopic (exact) mass is 583 g/mol. The lowest BCUT2D eigenvalue weighted by Gasteiger charge is -2.34. The molecule has 12 nitrogen and oxygen atoms in total. The van der Waals surface area contributed by atoms with Crippen LogP contribution in [0.25, 0.3) is 0 Å². The molecule has 0 aliphatic carbocycles. The SMILES string of the molecule is CC(=O)NCCNC(=O)c1cccc(Nc2ncc(Sc3ccc(O)c(C(=O)N4CCN(C(C)=O)CC4)c3)s2)n1. The summed E-state index contributed by atoms with van der Waals surface area (Å²) in [4.78, 5) is 60.7. The maximum absolute atomic E-state index is 13.1. The van der Waals surface area contributed by atoms with Gasteiger partial charge < -0.3 is 30.9 Å². The summed E-state index contributed by atoms with van der Waals surface area (Å²) in [5.74, 6) is -0.471. The molecule has 2 aromatic heterocycles. The van der Waals surface area contributed by atoms with E-state index in [4.69, 9.17) is 0 Å². The van der Waals surface area contributed by atoms with E-state index in [0.717, 1.165) is 9.10 Å². The zero-order valence-corrected chi connectivity index (χ0v) is 23.6. The Balaban J connectivity index is 1.36. The van der Waals surface area contributed by atoms with Crippen molar-refractivity contribution in [1.29, 1.82) is 0 Å². The first-order valence-electron chi connectivity index (χ1n) is 12.5. The number of phenols is 1. The van der Waals surface area contributed by atoms with Crippen LogP contribution in [0.3, 0.4) is 0 Å². The number of carbonyl (C=O) groups excluding carboxylic acids is 4. The minimum absolute atomic E-state index is 0.0176. The molecule has 14 heteroatoms. The Kier molecular flexibility index (Phi) is 9.56. The fourth-order valence-electron chi connectivity index (χ4n) is 3.87. The third kappa shape index (κ3) is 7.70. The number of anilines is 2. The summed E-state index contributed by atoms with van der Waals surface area (Å²) in [6, 6.07) is 9.90. The van der Waals surface area contributed by atoms with Crippen LogP contribution >= 0.6 is 23.1 Å². The van der Waals surface area contributed by atoms with Crippen molar-refractivity contribution in [1.82, 2.24) is 30.4 Å². The van der Waals surface area contributed by atoms with Crippen molar-refractivity contribution >= 4 is 57.7 Å². The summed E-state index contributed by atoms with van der Waals surface area (Å²) in [6.07, 6.45) is 1.69. The van der Waals surface area contributed by atoms with Gasteiger partial charge in [0.1, 0.15) is 17.3 Å². The van der Waals surface area contributed by atoms with Gasteiger partial charge in [-0.3, -0.25) is 19.2 Å². The number of aromatic nitrogens is 2. The Morgan fingerprint density at radius 3 is 2.45 bits per heavy atom. The molecule has 0 spiro atoms. The lowest BCUT2D eigenvalue weighted by atomic mass is 10.1. The number of phenolic OH excluding ortho intramolecular Hbond substituents is 1. The molecule has 0 atom stereocenters. The number of piperazine rings is 1. The van der Waals surface area contributed by atoms with Crippen LogP contribution in [0, 0.1) is 0 Å². The number of rotatable bonds is 9. The topological polar surface area (TPSA) is 157 Å². The molecular formula is C26H29N7O5S2. The lowest BCUT2D eigenvalue weighted by Crippen LogP contribution is -2.50. The van der Waals surface area contributed by atoms with Crippen molar-refractivity contribution in [3.05, 3.63) is 53.9 Å². The maximum Gasteiger partial charge on any atom is 0.270 e. The van der Waals surface area contributed by atoms with E-state index in [2.05, 4.69) is 25.9 Å². The predicted octanol–water partition coefficient (Wildman–Crippen LogP) is 2.31. The second-order valence-electron chi connectivity index (χ2n) is 8.84. The molecule has 1 saturated heterocycles. The van der Waals surface area contributed by atoms with Crippen molar-refractivity contribution in [2.45, 2.75) is 23.0 Å². The molecule has 1 aromatic carbocycles. The molecule has 4 amide bonds. The van der Waals surface area contributed by atoms with Crippen molar-refractivity contribution < 1.29 is 24.3 Å². The molecule has 1 fully saturated rings. The molecule has 0 radical (unpaired) electrons. The van der Waals surface area contributed by atoms with Crippen LogP contribution in [0.15, 0.2) is 51.7 Å². The van der Waals surface area contributed by atoms with Crippen LogP contribution in [-0.4, -0.2) is 87.8 Å². The van der Waals surface area contributed by atoms with E-state index in [1.54, 1.807) is 46.3 Å². The highest BCUT2D eigenvalue weighted by molar-refractivity contribution is 8.01. The smallest absolute Gasteiger partial charge is 0.270 e. The first kappa shape index (κ1) is 28.8. The fraction of sp³-hybridized carbons (Fsp3) is 0.308. The van der Waals surface area contributed by atoms with E-state index < -0.39 is 0 Å². The van der Waals surface area contributed by atoms with E-state index in [1.807, 2.05) is 0 Å². The van der Waals surface area contributed by atoms with Crippen LogP contribution in [0.4, 0.5) is 10.9 Å². The average molecular weight is 584 g/mol. The van der Waals surface area contributed by atoms with E-state index in [9.17, 15) is 24.3 Å². The Morgan fingerprint density at radius 2 is 1.73 bits per heavy atom. The van der Waals surface area contributed by atoms with Gasteiger partial charge in [0.15, 0.2) is 5.13 Å². The molecular weight excluding hydrogens is 554 g/mol. The highest BCUT2D eigenvalue weighted by atomic mass is 32.2. The number of carbonyl (C=O) groups is 4. The van der Waals surface area contributed by atoms with Gasteiger partial charge in [0, 0.05) is 58.0 Å². The van der Waals surface area contributed by atoms with E-state index >= 15 is 0 Å².